The third kappa shape index (κ3) is 4.16. The van der Waals surface area contributed by atoms with Gasteiger partial charge in [-0.2, -0.15) is 0 Å². The topological polar surface area (TPSA) is 75.7 Å². The van der Waals surface area contributed by atoms with E-state index in [4.69, 9.17) is 8.83 Å². The molecule has 0 unspecified atom stereocenters. The number of hydrogen-bond acceptors (Lipinski definition) is 4. The first-order valence-corrected chi connectivity index (χ1v) is 8.03. The minimum absolute atomic E-state index is 0.00705. The van der Waals surface area contributed by atoms with Gasteiger partial charge in [-0.15, -0.1) is 0 Å². The van der Waals surface area contributed by atoms with Gasteiger partial charge in [0.2, 0.25) is 5.91 Å². The molecule has 2 aromatic rings. The van der Waals surface area contributed by atoms with E-state index in [1.807, 2.05) is 4.90 Å². The highest BCUT2D eigenvalue weighted by Gasteiger charge is 2.24. The van der Waals surface area contributed by atoms with Crippen molar-refractivity contribution < 1.29 is 18.4 Å². The number of rotatable bonds is 5. The minimum atomic E-state index is -0.136. The summed E-state index contributed by atoms with van der Waals surface area (Å²) in [4.78, 5) is 25.8. The number of carbonyl (C=O) groups excluding carboxylic acids is 2. The molecule has 0 atom stereocenters. The van der Waals surface area contributed by atoms with Gasteiger partial charge in [-0.05, 0) is 43.0 Å². The van der Waals surface area contributed by atoms with Crippen LogP contribution in [0, 0.1) is 5.92 Å². The molecule has 1 aliphatic heterocycles. The zero-order chi connectivity index (χ0) is 16.8. The van der Waals surface area contributed by atoms with Crippen molar-refractivity contribution in [2.45, 2.75) is 12.8 Å². The monoisotopic (exact) mass is 328 g/mol. The lowest BCUT2D eigenvalue weighted by Crippen LogP contribution is -2.41. The Morgan fingerprint density at radius 1 is 1.25 bits per heavy atom. The molecule has 24 heavy (non-hydrogen) atoms. The van der Waals surface area contributed by atoms with Crippen LogP contribution in [0.5, 0.6) is 0 Å². The van der Waals surface area contributed by atoms with Crippen LogP contribution in [0.2, 0.25) is 0 Å². The van der Waals surface area contributed by atoms with Gasteiger partial charge >= 0.3 is 0 Å². The second kappa shape index (κ2) is 7.68. The van der Waals surface area contributed by atoms with Gasteiger partial charge in [0, 0.05) is 25.7 Å². The summed E-state index contributed by atoms with van der Waals surface area (Å²) in [6.45, 7) is 2.02. The fourth-order valence-corrected chi connectivity index (χ4v) is 2.76. The van der Waals surface area contributed by atoms with Crippen LogP contribution in [0.3, 0.4) is 0 Å². The van der Waals surface area contributed by atoms with Crippen LogP contribution in [0.15, 0.2) is 51.9 Å². The number of amides is 2. The molecule has 1 fully saturated rings. The van der Waals surface area contributed by atoms with E-state index in [2.05, 4.69) is 5.32 Å². The summed E-state index contributed by atoms with van der Waals surface area (Å²) in [6.07, 6.45) is 9.41. The van der Waals surface area contributed by atoms with E-state index in [0.29, 0.717) is 36.9 Å². The summed E-state index contributed by atoms with van der Waals surface area (Å²) in [5.41, 5.74) is 0.588. The Labute approximate surface area is 140 Å². The molecule has 0 spiro atoms. The van der Waals surface area contributed by atoms with Crippen LogP contribution < -0.4 is 5.32 Å². The summed E-state index contributed by atoms with van der Waals surface area (Å²) < 4.78 is 10.1. The Morgan fingerprint density at radius 2 is 2.08 bits per heavy atom. The summed E-state index contributed by atoms with van der Waals surface area (Å²) in [6, 6.07) is 5.24. The molecule has 3 heterocycles. The SMILES string of the molecule is O=C(/C=C/c1ccco1)NCC1CCN(C(=O)c2ccoc2)CC1. The van der Waals surface area contributed by atoms with Crippen LogP contribution in [0.25, 0.3) is 6.08 Å². The molecular formula is C18H20N2O4. The highest BCUT2D eigenvalue weighted by molar-refractivity contribution is 5.94. The molecule has 0 saturated carbocycles. The molecule has 2 aromatic heterocycles. The quantitative estimate of drug-likeness (QED) is 0.856. The van der Waals surface area contributed by atoms with E-state index in [1.54, 1.807) is 30.5 Å². The summed E-state index contributed by atoms with van der Waals surface area (Å²) >= 11 is 0. The standard InChI is InChI=1S/C18H20N2O4/c21-17(4-3-16-2-1-10-24-16)19-12-14-5-8-20(9-6-14)18(22)15-7-11-23-13-15/h1-4,7,10-11,13-14H,5-6,8-9,12H2,(H,19,21)/b4-3+. The van der Waals surface area contributed by atoms with Crippen molar-refractivity contribution >= 4 is 17.9 Å². The number of nitrogens with one attached hydrogen (secondary N) is 1. The third-order valence-electron chi connectivity index (χ3n) is 4.18. The van der Waals surface area contributed by atoms with Gasteiger partial charge in [0.15, 0.2) is 0 Å². The van der Waals surface area contributed by atoms with Crippen LogP contribution in [0.4, 0.5) is 0 Å². The van der Waals surface area contributed by atoms with Crippen molar-refractivity contribution in [1.29, 1.82) is 0 Å². The van der Waals surface area contributed by atoms with Crippen molar-refractivity contribution in [2.75, 3.05) is 19.6 Å². The van der Waals surface area contributed by atoms with E-state index >= 15 is 0 Å². The molecule has 0 aliphatic carbocycles. The Balaban J connectivity index is 1.39. The molecule has 1 aliphatic rings. The molecular weight excluding hydrogens is 308 g/mol. The molecule has 0 aromatic carbocycles. The predicted octanol–water partition coefficient (Wildman–Crippen LogP) is 2.55. The fraction of sp³-hybridized carbons (Fsp3) is 0.333. The van der Waals surface area contributed by atoms with Crippen LogP contribution in [-0.2, 0) is 4.79 Å². The largest absolute Gasteiger partial charge is 0.472 e. The molecule has 3 rings (SSSR count). The van der Waals surface area contributed by atoms with Crippen LogP contribution in [0.1, 0.15) is 29.0 Å². The zero-order valence-electron chi connectivity index (χ0n) is 13.3. The maximum Gasteiger partial charge on any atom is 0.257 e. The summed E-state index contributed by atoms with van der Waals surface area (Å²) in [5.74, 6) is 0.909. The highest BCUT2D eigenvalue weighted by Crippen LogP contribution is 2.18. The number of piperidine rings is 1. The van der Waals surface area contributed by atoms with E-state index in [9.17, 15) is 9.59 Å². The van der Waals surface area contributed by atoms with Gasteiger partial charge in [-0.1, -0.05) is 0 Å². The van der Waals surface area contributed by atoms with Crippen LogP contribution >= 0.6 is 0 Å². The number of hydrogen-bond donors (Lipinski definition) is 1. The second-order valence-electron chi connectivity index (χ2n) is 5.84. The predicted molar refractivity (Wildman–Crippen MR) is 88.1 cm³/mol. The van der Waals surface area contributed by atoms with Gasteiger partial charge in [-0.25, -0.2) is 0 Å². The normalized spacial score (nSPS) is 15.8. The highest BCUT2D eigenvalue weighted by atomic mass is 16.3. The lowest BCUT2D eigenvalue weighted by atomic mass is 9.96. The van der Waals surface area contributed by atoms with E-state index in [1.165, 1.54) is 18.6 Å². The molecule has 126 valence electrons. The lowest BCUT2D eigenvalue weighted by molar-refractivity contribution is -0.116. The van der Waals surface area contributed by atoms with Crippen molar-refractivity contribution in [3.8, 4) is 0 Å². The zero-order valence-corrected chi connectivity index (χ0v) is 13.3. The number of likely N-dealkylation sites (tertiary alicyclic amines) is 1. The van der Waals surface area contributed by atoms with Gasteiger partial charge < -0.3 is 19.1 Å². The number of nitrogens with zero attached hydrogens (tertiary/aromatic N) is 1. The lowest BCUT2D eigenvalue weighted by Gasteiger charge is -2.31. The van der Waals surface area contributed by atoms with Crippen molar-refractivity contribution in [3.05, 3.63) is 54.4 Å². The molecule has 1 saturated heterocycles. The van der Waals surface area contributed by atoms with Gasteiger partial charge in [0.25, 0.3) is 5.91 Å². The minimum Gasteiger partial charge on any atom is -0.472 e. The number of furan rings is 2. The second-order valence-corrected chi connectivity index (χ2v) is 5.84. The van der Waals surface area contributed by atoms with Crippen molar-refractivity contribution in [2.24, 2.45) is 5.92 Å². The third-order valence-corrected chi connectivity index (χ3v) is 4.18. The van der Waals surface area contributed by atoms with Crippen LogP contribution in [-0.4, -0.2) is 36.3 Å². The maximum absolute atomic E-state index is 12.2. The van der Waals surface area contributed by atoms with E-state index < -0.39 is 0 Å². The first-order valence-electron chi connectivity index (χ1n) is 8.03. The Kier molecular flexibility index (Phi) is 5.15. The molecule has 0 radical (unpaired) electrons. The first-order chi connectivity index (χ1) is 11.7. The van der Waals surface area contributed by atoms with Crippen molar-refractivity contribution in [3.63, 3.8) is 0 Å². The van der Waals surface area contributed by atoms with E-state index in [-0.39, 0.29) is 11.8 Å². The molecule has 0 bridgehead atoms. The van der Waals surface area contributed by atoms with Crippen molar-refractivity contribution in [1.82, 2.24) is 10.2 Å². The average molecular weight is 328 g/mol. The first kappa shape index (κ1) is 16.1. The van der Waals surface area contributed by atoms with E-state index in [0.717, 1.165) is 12.8 Å². The summed E-state index contributed by atoms with van der Waals surface area (Å²) in [5, 5.41) is 2.90. The molecule has 6 nitrogen and oxygen atoms in total. The molecule has 6 heteroatoms. The molecule has 1 N–H and O–H groups in total. The smallest absolute Gasteiger partial charge is 0.257 e. The Morgan fingerprint density at radius 3 is 2.75 bits per heavy atom. The fourth-order valence-electron chi connectivity index (χ4n) is 2.76. The van der Waals surface area contributed by atoms with Gasteiger partial charge in [-0.3, -0.25) is 9.59 Å². The maximum atomic E-state index is 12.2. The Hall–Kier alpha value is -2.76. The summed E-state index contributed by atoms with van der Waals surface area (Å²) in [7, 11) is 0. The number of carbonyl (C=O) groups is 2. The molecule has 2 amide bonds. The van der Waals surface area contributed by atoms with Gasteiger partial charge in [0.05, 0.1) is 18.1 Å². The average Bonchev–Trinajstić information content (AvgIpc) is 3.31. The Bertz CT molecular complexity index is 681. The van der Waals surface area contributed by atoms with Gasteiger partial charge in [0.1, 0.15) is 12.0 Å².